The molecule has 164 valence electrons. The summed E-state index contributed by atoms with van der Waals surface area (Å²) in [5.74, 6) is -0.653. The zero-order valence-corrected chi connectivity index (χ0v) is 17.1. The zero-order chi connectivity index (χ0) is 22.9. The van der Waals surface area contributed by atoms with Crippen LogP contribution in [-0.4, -0.2) is 31.4 Å². The number of nitro benzene ring substituents is 1. The number of hydrogen-bond donors (Lipinski definition) is 0. The Bertz CT molecular complexity index is 1470. The highest BCUT2D eigenvalue weighted by atomic mass is 16.6. The van der Waals surface area contributed by atoms with Gasteiger partial charge >= 0.3 is 17.3 Å². The largest absolute Gasteiger partial charge is 0.462 e. The van der Waals surface area contributed by atoms with Gasteiger partial charge in [-0.05, 0) is 42.8 Å². The quantitative estimate of drug-likeness (QED) is 0.338. The van der Waals surface area contributed by atoms with Crippen LogP contribution in [0.1, 0.15) is 16.8 Å². The SMILES string of the molecule is O=C(OC[C@@H]1CC12C1=CC=C2n2c(=O)n(-c3ccccc3)c(=O)n21)c1ccc([N+](=O)[O-])cc1. The maximum atomic E-state index is 13.1. The third kappa shape index (κ3) is 2.51. The van der Waals surface area contributed by atoms with Crippen LogP contribution in [0.5, 0.6) is 0 Å². The van der Waals surface area contributed by atoms with Gasteiger partial charge in [0.05, 0.1) is 39.6 Å². The van der Waals surface area contributed by atoms with Crippen LogP contribution in [-0.2, 0) is 4.74 Å². The van der Waals surface area contributed by atoms with Crippen LogP contribution < -0.4 is 11.4 Å². The minimum atomic E-state index is -0.580. The predicted octanol–water partition coefficient (Wildman–Crippen LogP) is 2.28. The molecule has 1 fully saturated rings. The van der Waals surface area contributed by atoms with Crippen molar-refractivity contribution in [3.63, 3.8) is 0 Å². The molecule has 10 heteroatoms. The first-order chi connectivity index (χ1) is 15.9. The van der Waals surface area contributed by atoms with Crippen molar-refractivity contribution < 1.29 is 14.5 Å². The number of benzene rings is 2. The molecule has 3 aliphatic rings. The molecule has 10 nitrogen and oxygen atoms in total. The monoisotopic (exact) mass is 444 g/mol. The molecule has 0 amide bonds. The summed E-state index contributed by atoms with van der Waals surface area (Å²) in [4.78, 5) is 48.9. The molecule has 1 spiro atoms. The van der Waals surface area contributed by atoms with E-state index in [1.807, 2.05) is 18.2 Å². The maximum Gasteiger partial charge on any atom is 0.356 e. The molecule has 3 aromatic rings. The summed E-state index contributed by atoms with van der Waals surface area (Å²) in [5, 5.41) is 10.8. The summed E-state index contributed by atoms with van der Waals surface area (Å²) in [6, 6.07) is 14.0. The van der Waals surface area contributed by atoms with Crippen molar-refractivity contribution in [2.24, 2.45) is 11.3 Å². The van der Waals surface area contributed by atoms with Crippen LogP contribution in [0.3, 0.4) is 0 Å². The van der Waals surface area contributed by atoms with Crippen LogP contribution in [0.25, 0.3) is 17.1 Å². The van der Waals surface area contributed by atoms with Gasteiger partial charge in [0, 0.05) is 18.1 Å². The Balaban J connectivity index is 1.23. The number of rotatable bonds is 5. The molecule has 0 saturated heterocycles. The third-order valence-corrected chi connectivity index (χ3v) is 6.56. The van der Waals surface area contributed by atoms with Gasteiger partial charge in [-0.25, -0.2) is 19.0 Å². The Kier molecular flexibility index (Phi) is 3.80. The van der Waals surface area contributed by atoms with Crippen molar-refractivity contribution in [1.29, 1.82) is 0 Å². The van der Waals surface area contributed by atoms with Gasteiger partial charge in [0.25, 0.3) is 5.69 Å². The molecule has 1 atom stereocenters. The molecule has 1 aromatic heterocycles. The van der Waals surface area contributed by atoms with Crippen LogP contribution in [0.15, 0.2) is 76.3 Å². The summed E-state index contributed by atoms with van der Waals surface area (Å²) in [6.07, 6.45) is 4.32. The van der Waals surface area contributed by atoms with Crippen molar-refractivity contribution in [2.75, 3.05) is 6.61 Å². The number of hydrogen-bond acceptors (Lipinski definition) is 6. The second-order valence-corrected chi connectivity index (χ2v) is 8.24. The van der Waals surface area contributed by atoms with Crippen molar-refractivity contribution in [1.82, 2.24) is 13.9 Å². The standard InChI is InChI=1S/C23H16N4O6/c28-20(14-6-8-17(9-7-14)27(31)32)33-13-15-12-23(15)18-10-11-19(23)26-22(30)24(21(29)25(18)26)16-4-2-1-3-5-16/h1-11,15H,12-13H2/t15-/m0/s1. The van der Waals surface area contributed by atoms with E-state index in [0.717, 1.165) is 4.57 Å². The topological polar surface area (TPSA) is 118 Å². The summed E-state index contributed by atoms with van der Waals surface area (Å²) in [6.45, 7) is 0.108. The van der Waals surface area contributed by atoms with Crippen molar-refractivity contribution in [3.05, 3.63) is 103 Å². The van der Waals surface area contributed by atoms with E-state index in [-0.39, 0.29) is 23.8 Å². The number of nitrogens with zero attached hydrogens (tertiary/aromatic N) is 4. The number of para-hydroxylation sites is 1. The third-order valence-electron chi connectivity index (χ3n) is 6.56. The van der Waals surface area contributed by atoms with Crippen LogP contribution in [0, 0.1) is 21.4 Å². The van der Waals surface area contributed by atoms with E-state index >= 15 is 0 Å². The first kappa shape index (κ1) is 19.2. The zero-order valence-electron chi connectivity index (χ0n) is 17.1. The van der Waals surface area contributed by atoms with Crippen molar-refractivity contribution in [2.45, 2.75) is 6.42 Å². The molecule has 6 rings (SSSR count). The Labute approximate surface area is 185 Å². The normalized spacial score (nSPS) is 18.6. The number of allylic oxidation sites excluding steroid dienone is 4. The summed E-state index contributed by atoms with van der Waals surface area (Å²) >= 11 is 0. The second kappa shape index (κ2) is 6.52. The maximum absolute atomic E-state index is 13.1. The van der Waals surface area contributed by atoms with E-state index in [9.17, 15) is 24.5 Å². The molecule has 33 heavy (non-hydrogen) atoms. The van der Waals surface area contributed by atoms with E-state index in [4.69, 9.17) is 4.74 Å². The van der Waals surface area contributed by atoms with Crippen LogP contribution in [0.4, 0.5) is 5.69 Å². The number of ether oxygens (including phenoxy) is 1. The number of fused-ring (bicyclic) bond motifs is 3. The van der Waals surface area contributed by atoms with Gasteiger partial charge in [0.2, 0.25) is 0 Å². The first-order valence-electron chi connectivity index (χ1n) is 10.3. The molecule has 1 aliphatic heterocycles. The number of carbonyl (C=O) groups excluding carboxylic acids is 1. The predicted molar refractivity (Wildman–Crippen MR) is 117 cm³/mol. The molecular formula is C23H16N4O6. The van der Waals surface area contributed by atoms with Gasteiger partial charge in [-0.1, -0.05) is 18.2 Å². The van der Waals surface area contributed by atoms with Crippen molar-refractivity contribution in [3.8, 4) is 5.69 Å². The molecular weight excluding hydrogens is 428 g/mol. The van der Waals surface area contributed by atoms with Gasteiger partial charge in [-0.3, -0.25) is 10.1 Å². The minimum absolute atomic E-state index is 0.0733. The van der Waals surface area contributed by atoms with Crippen LogP contribution >= 0.6 is 0 Å². The van der Waals surface area contributed by atoms with E-state index in [1.165, 1.54) is 33.6 Å². The van der Waals surface area contributed by atoms with E-state index < -0.39 is 27.7 Å². The Hall–Kier alpha value is -4.47. The lowest BCUT2D eigenvalue weighted by molar-refractivity contribution is -0.384. The smallest absolute Gasteiger partial charge is 0.356 e. The summed E-state index contributed by atoms with van der Waals surface area (Å²) < 4.78 is 9.41. The molecule has 0 N–H and O–H groups in total. The summed E-state index contributed by atoms with van der Waals surface area (Å²) in [5.41, 5.74) is 0.655. The first-order valence-corrected chi connectivity index (χ1v) is 10.3. The lowest BCUT2D eigenvalue weighted by Crippen LogP contribution is -2.29. The highest BCUT2D eigenvalue weighted by Gasteiger charge is 2.67. The van der Waals surface area contributed by atoms with Crippen molar-refractivity contribution >= 4 is 23.1 Å². The highest BCUT2D eigenvalue weighted by molar-refractivity contribution is 5.90. The fourth-order valence-corrected chi connectivity index (χ4v) is 4.90. The number of non-ortho nitro benzene ring substituents is 1. The average Bonchev–Trinajstić information content (AvgIpc) is 3.25. The Morgan fingerprint density at radius 3 is 2.18 bits per heavy atom. The number of aromatic nitrogens is 3. The molecule has 0 unspecified atom stereocenters. The molecule has 2 aromatic carbocycles. The number of nitro groups is 1. The molecule has 0 radical (unpaired) electrons. The summed E-state index contributed by atoms with van der Waals surface area (Å²) in [7, 11) is 0. The van der Waals surface area contributed by atoms with Gasteiger partial charge in [-0.15, -0.1) is 0 Å². The van der Waals surface area contributed by atoms with Gasteiger partial charge < -0.3 is 4.74 Å². The van der Waals surface area contributed by atoms with E-state index in [0.29, 0.717) is 23.5 Å². The van der Waals surface area contributed by atoms with Crippen LogP contribution in [0.2, 0.25) is 0 Å². The average molecular weight is 444 g/mol. The molecule has 2 heterocycles. The van der Waals surface area contributed by atoms with Gasteiger partial charge in [0.1, 0.15) is 0 Å². The fourth-order valence-electron chi connectivity index (χ4n) is 4.90. The molecule has 2 bridgehead atoms. The second-order valence-electron chi connectivity index (χ2n) is 8.24. The lowest BCUT2D eigenvalue weighted by atomic mass is 10.0. The minimum Gasteiger partial charge on any atom is -0.462 e. The highest BCUT2D eigenvalue weighted by Crippen LogP contribution is 2.69. The fraction of sp³-hybridized carbons (Fsp3) is 0.174. The van der Waals surface area contributed by atoms with E-state index in [1.54, 1.807) is 24.3 Å². The molecule has 2 aliphatic carbocycles. The molecule has 1 saturated carbocycles. The van der Waals surface area contributed by atoms with E-state index in [2.05, 4.69) is 0 Å². The van der Waals surface area contributed by atoms with Gasteiger partial charge in [0.15, 0.2) is 0 Å². The number of carbonyl (C=O) groups is 1. The van der Waals surface area contributed by atoms with Gasteiger partial charge in [-0.2, -0.15) is 9.36 Å². The lowest BCUT2D eigenvalue weighted by Gasteiger charge is -2.10. The Morgan fingerprint density at radius 2 is 1.61 bits per heavy atom. The number of esters is 1. The Morgan fingerprint density at radius 1 is 1.00 bits per heavy atom.